The highest BCUT2D eigenvalue weighted by Crippen LogP contribution is 2.25. The summed E-state index contributed by atoms with van der Waals surface area (Å²) in [6, 6.07) is 20.6. The molecule has 0 saturated carbocycles. The van der Waals surface area contributed by atoms with Crippen LogP contribution in [0.3, 0.4) is 0 Å². The first-order valence-corrected chi connectivity index (χ1v) is 10.9. The molecule has 0 spiro atoms. The van der Waals surface area contributed by atoms with Crippen molar-refractivity contribution in [1.82, 2.24) is 9.80 Å². The first-order chi connectivity index (χ1) is 13.6. The van der Waals surface area contributed by atoms with Gasteiger partial charge in [0.15, 0.2) is 0 Å². The maximum absolute atomic E-state index is 13.4. The fourth-order valence-electron chi connectivity index (χ4n) is 3.47. The maximum atomic E-state index is 13.4. The van der Waals surface area contributed by atoms with E-state index >= 15 is 0 Å². The van der Waals surface area contributed by atoms with Gasteiger partial charge in [0, 0.05) is 37.1 Å². The molecule has 4 nitrogen and oxygen atoms in total. The van der Waals surface area contributed by atoms with Gasteiger partial charge in [0.2, 0.25) is 5.91 Å². The van der Waals surface area contributed by atoms with E-state index in [9.17, 15) is 4.79 Å². The quantitative estimate of drug-likeness (QED) is 0.631. The zero-order valence-electron chi connectivity index (χ0n) is 16.8. The van der Waals surface area contributed by atoms with E-state index in [-0.39, 0.29) is 17.2 Å². The van der Waals surface area contributed by atoms with Crippen LogP contribution in [0.1, 0.15) is 19.4 Å². The van der Waals surface area contributed by atoms with Crippen LogP contribution >= 0.6 is 11.8 Å². The summed E-state index contributed by atoms with van der Waals surface area (Å²) in [6.45, 7) is 9.13. The minimum Gasteiger partial charge on any atom is -0.379 e. The van der Waals surface area contributed by atoms with Crippen molar-refractivity contribution in [3.63, 3.8) is 0 Å². The number of rotatable bonds is 8. The van der Waals surface area contributed by atoms with Gasteiger partial charge in [0.1, 0.15) is 0 Å². The largest absolute Gasteiger partial charge is 0.379 e. The lowest BCUT2D eigenvalue weighted by molar-refractivity contribution is -0.133. The van der Waals surface area contributed by atoms with Crippen LogP contribution in [0.2, 0.25) is 0 Å². The maximum Gasteiger partial charge on any atom is 0.236 e. The number of carbonyl (C=O) groups excluding carboxylic acids is 1. The zero-order valence-corrected chi connectivity index (χ0v) is 17.6. The molecule has 1 heterocycles. The van der Waals surface area contributed by atoms with Gasteiger partial charge in [-0.1, -0.05) is 48.5 Å². The van der Waals surface area contributed by atoms with Gasteiger partial charge >= 0.3 is 0 Å². The first-order valence-electron chi connectivity index (χ1n) is 9.99. The van der Waals surface area contributed by atoms with Crippen molar-refractivity contribution in [2.24, 2.45) is 0 Å². The first kappa shape index (κ1) is 20.9. The Hall–Kier alpha value is -1.82. The molecular formula is C23H30N2O2S. The van der Waals surface area contributed by atoms with Gasteiger partial charge in [-0.2, -0.15) is 0 Å². The zero-order chi connectivity index (χ0) is 19.8. The SMILES string of the molecule is CC(Sc1ccccc1)C(=O)N(Cc1ccccc1)C(C)CN1CCOCC1. The number of hydrogen-bond acceptors (Lipinski definition) is 4. The second-order valence-corrected chi connectivity index (χ2v) is 8.70. The Labute approximate surface area is 172 Å². The third kappa shape index (κ3) is 6.09. The van der Waals surface area contributed by atoms with Crippen LogP contribution in [-0.4, -0.2) is 59.8 Å². The normalized spacial score (nSPS) is 17.1. The summed E-state index contributed by atoms with van der Waals surface area (Å²) >= 11 is 1.63. The van der Waals surface area contributed by atoms with Crippen LogP contribution in [0, 0.1) is 0 Å². The lowest BCUT2D eigenvalue weighted by Gasteiger charge is -2.36. The van der Waals surface area contributed by atoms with Crippen molar-refractivity contribution in [1.29, 1.82) is 0 Å². The average Bonchev–Trinajstić information content (AvgIpc) is 2.73. The molecule has 2 unspecified atom stereocenters. The van der Waals surface area contributed by atoms with Gasteiger partial charge in [-0.05, 0) is 31.5 Å². The third-order valence-electron chi connectivity index (χ3n) is 5.04. The van der Waals surface area contributed by atoms with E-state index in [1.54, 1.807) is 11.8 Å². The summed E-state index contributed by atoms with van der Waals surface area (Å²) in [4.78, 5) is 19.0. The van der Waals surface area contributed by atoms with Crippen molar-refractivity contribution < 1.29 is 9.53 Å². The Morgan fingerprint density at radius 2 is 1.64 bits per heavy atom. The second-order valence-electron chi connectivity index (χ2n) is 7.29. The Balaban J connectivity index is 1.71. The van der Waals surface area contributed by atoms with E-state index in [0.717, 1.165) is 37.7 Å². The van der Waals surface area contributed by atoms with E-state index in [0.29, 0.717) is 6.54 Å². The molecule has 2 aromatic carbocycles. The molecule has 150 valence electrons. The van der Waals surface area contributed by atoms with Crippen LogP contribution in [0.5, 0.6) is 0 Å². The summed E-state index contributed by atoms with van der Waals surface area (Å²) in [7, 11) is 0. The molecule has 0 bridgehead atoms. The molecule has 1 aliphatic rings. The molecule has 1 aliphatic heterocycles. The van der Waals surface area contributed by atoms with Crippen molar-refractivity contribution in [3.05, 3.63) is 66.2 Å². The van der Waals surface area contributed by atoms with Crippen LogP contribution in [0.25, 0.3) is 0 Å². The van der Waals surface area contributed by atoms with E-state index < -0.39 is 0 Å². The Kier molecular flexibility index (Phi) is 7.95. The van der Waals surface area contributed by atoms with Gasteiger partial charge in [-0.25, -0.2) is 0 Å². The standard InChI is InChI=1S/C23H30N2O2S/c1-19(17-24-13-15-27-16-14-24)25(18-21-9-5-3-6-10-21)23(26)20(2)28-22-11-7-4-8-12-22/h3-12,19-20H,13-18H2,1-2H3. The molecule has 3 rings (SSSR count). The fourth-order valence-corrected chi connectivity index (χ4v) is 4.43. The highest BCUT2D eigenvalue weighted by Gasteiger charge is 2.27. The second kappa shape index (κ2) is 10.6. The van der Waals surface area contributed by atoms with Gasteiger partial charge in [-0.3, -0.25) is 9.69 Å². The highest BCUT2D eigenvalue weighted by molar-refractivity contribution is 8.00. The van der Waals surface area contributed by atoms with Crippen LogP contribution in [0.4, 0.5) is 0 Å². The molecule has 0 aliphatic carbocycles. The van der Waals surface area contributed by atoms with Gasteiger partial charge < -0.3 is 9.64 Å². The van der Waals surface area contributed by atoms with Gasteiger partial charge in [-0.15, -0.1) is 11.8 Å². The molecule has 1 amide bonds. The number of ether oxygens (including phenoxy) is 1. The summed E-state index contributed by atoms with van der Waals surface area (Å²) < 4.78 is 5.46. The van der Waals surface area contributed by atoms with Crippen LogP contribution < -0.4 is 0 Å². The van der Waals surface area contributed by atoms with Crippen molar-refractivity contribution in [3.8, 4) is 0 Å². The summed E-state index contributed by atoms with van der Waals surface area (Å²) in [6.07, 6.45) is 0. The van der Waals surface area contributed by atoms with Crippen molar-refractivity contribution >= 4 is 17.7 Å². The third-order valence-corrected chi connectivity index (χ3v) is 6.14. The number of amides is 1. The minimum atomic E-state index is -0.127. The van der Waals surface area contributed by atoms with Crippen LogP contribution in [-0.2, 0) is 16.1 Å². The van der Waals surface area contributed by atoms with Crippen molar-refractivity contribution in [2.45, 2.75) is 36.6 Å². The van der Waals surface area contributed by atoms with E-state index in [2.05, 4.69) is 36.1 Å². The minimum absolute atomic E-state index is 0.127. The predicted octanol–water partition coefficient (Wildman–Crippen LogP) is 3.92. The summed E-state index contributed by atoms with van der Waals surface area (Å²) in [5.74, 6) is 0.193. The number of morpholine rings is 1. The molecule has 28 heavy (non-hydrogen) atoms. The fraction of sp³-hybridized carbons (Fsp3) is 0.435. The number of nitrogens with zero attached hydrogens (tertiary/aromatic N) is 2. The number of thioether (sulfide) groups is 1. The summed E-state index contributed by atoms with van der Waals surface area (Å²) in [5, 5.41) is -0.127. The topological polar surface area (TPSA) is 32.8 Å². The highest BCUT2D eigenvalue weighted by atomic mass is 32.2. The molecule has 0 aromatic heterocycles. The monoisotopic (exact) mass is 398 g/mol. The smallest absolute Gasteiger partial charge is 0.236 e. The molecule has 5 heteroatoms. The molecule has 1 fully saturated rings. The summed E-state index contributed by atoms with van der Waals surface area (Å²) in [5.41, 5.74) is 1.17. The molecule has 2 aromatic rings. The molecular weight excluding hydrogens is 368 g/mol. The number of carbonyl (C=O) groups is 1. The van der Waals surface area contributed by atoms with E-state index in [4.69, 9.17) is 4.74 Å². The number of benzene rings is 2. The molecule has 0 N–H and O–H groups in total. The lowest BCUT2D eigenvalue weighted by atomic mass is 10.1. The lowest BCUT2D eigenvalue weighted by Crippen LogP contribution is -2.49. The number of hydrogen-bond donors (Lipinski definition) is 0. The van der Waals surface area contributed by atoms with Gasteiger partial charge in [0.25, 0.3) is 0 Å². The predicted molar refractivity (Wildman–Crippen MR) is 115 cm³/mol. The molecule has 2 atom stereocenters. The van der Waals surface area contributed by atoms with E-state index in [1.807, 2.05) is 48.2 Å². The Morgan fingerprint density at radius 3 is 2.29 bits per heavy atom. The van der Waals surface area contributed by atoms with E-state index in [1.165, 1.54) is 5.56 Å². The van der Waals surface area contributed by atoms with Crippen LogP contribution in [0.15, 0.2) is 65.6 Å². The average molecular weight is 399 g/mol. The van der Waals surface area contributed by atoms with Crippen molar-refractivity contribution in [2.75, 3.05) is 32.8 Å². The molecule has 0 radical (unpaired) electrons. The Morgan fingerprint density at radius 1 is 1.04 bits per heavy atom. The molecule has 1 saturated heterocycles. The Bertz CT molecular complexity index is 720. The van der Waals surface area contributed by atoms with Gasteiger partial charge in [0.05, 0.1) is 18.5 Å².